The minimum Gasteiger partial charge on any atom is -0.298 e. The molecule has 0 aliphatic carbocycles. The summed E-state index contributed by atoms with van der Waals surface area (Å²) in [4.78, 5) is 18.1. The molecule has 0 aromatic heterocycles. The highest BCUT2D eigenvalue weighted by Gasteiger charge is 2.34. The van der Waals surface area contributed by atoms with Gasteiger partial charge in [-0.05, 0) is 23.3 Å². The van der Waals surface area contributed by atoms with Gasteiger partial charge in [0.2, 0.25) is 0 Å². The summed E-state index contributed by atoms with van der Waals surface area (Å²) in [6.07, 6.45) is 0.616. The average Bonchev–Trinajstić information content (AvgIpc) is 2.76. The molecule has 0 bridgehead atoms. The molecule has 2 heterocycles. The number of benzene rings is 3. The van der Waals surface area contributed by atoms with Crippen LogP contribution in [0, 0.1) is 0 Å². The number of fused-ring (bicyclic) bond motifs is 3. The van der Waals surface area contributed by atoms with Crippen molar-refractivity contribution in [2.24, 2.45) is 10.1 Å². The number of carbonyl (C=O) groups is 1. The van der Waals surface area contributed by atoms with Crippen LogP contribution in [-0.2, 0) is 4.79 Å². The minimum atomic E-state index is -0.394. The van der Waals surface area contributed by atoms with E-state index in [1.165, 1.54) is 0 Å². The van der Waals surface area contributed by atoms with Gasteiger partial charge in [-0.2, -0.15) is 0 Å². The highest BCUT2D eigenvalue weighted by atomic mass is 32.2. The molecule has 3 aromatic carbocycles. The molecule has 0 saturated carbocycles. The van der Waals surface area contributed by atoms with Gasteiger partial charge in [-0.15, -0.1) is 5.10 Å². The molecular formula is C23H20N4OS. The number of carbonyl (C=O) groups excluding carboxylic acids is 1. The molecule has 2 aliphatic heterocycles. The molecule has 0 saturated heterocycles. The van der Waals surface area contributed by atoms with Crippen molar-refractivity contribution < 1.29 is 4.79 Å². The van der Waals surface area contributed by atoms with Gasteiger partial charge >= 0.3 is 0 Å². The highest BCUT2D eigenvalue weighted by molar-refractivity contribution is 8.13. The zero-order valence-corrected chi connectivity index (χ0v) is 16.8. The van der Waals surface area contributed by atoms with Crippen molar-refractivity contribution in [3.8, 4) is 0 Å². The molecule has 2 aliphatic rings. The lowest BCUT2D eigenvalue weighted by Gasteiger charge is -2.34. The predicted octanol–water partition coefficient (Wildman–Crippen LogP) is 3.13. The Bertz CT molecular complexity index is 1260. The SMILES string of the molecule is CCCSC1=NN2C(=c3ccccc3=N[C@H]2c2cccc3ccccc23)C(=O)N1. The number of amides is 1. The smallest absolute Gasteiger partial charge is 0.276 e. The molecule has 1 atom stereocenters. The van der Waals surface area contributed by atoms with Crippen LogP contribution in [0.2, 0.25) is 0 Å². The molecule has 144 valence electrons. The van der Waals surface area contributed by atoms with Crippen LogP contribution in [-0.4, -0.2) is 21.8 Å². The molecule has 0 unspecified atom stereocenters. The van der Waals surface area contributed by atoms with Gasteiger partial charge in [0.15, 0.2) is 11.3 Å². The summed E-state index contributed by atoms with van der Waals surface area (Å²) in [5, 5.41) is 14.1. The molecule has 0 fully saturated rings. The first-order chi connectivity index (χ1) is 14.3. The molecule has 1 amide bonds. The average molecular weight is 401 g/mol. The van der Waals surface area contributed by atoms with Crippen molar-refractivity contribution in [2.75, 3.05) is 5.75 Å². The number of amidine groups is 1. The number of nitrogens with one attached hydrogen (secondary N) is 1. The number of nitrogens with zero attached hydrogens (tertiary/aromatic N) is 3. The van der Waals surface area contributed by atoms with E-state index in [0.29, 0.717) is 10.9 Å². The van der Waals surface area contributed by atoms with E-state index in [4.69, 9.17) is 10.1 Å². The monoisotopic (exact) mass is 400 g/mol. The fraction of sp³-hybridized carbons (Fsp3) is 0.174. The van der Waals surface area contributed by atoms with Gasteiger partial charge in [-0.1, -0.05) is 79.3 Å². The summed E-state index contributed by atoms with van der Waals surface area (Å²) in [5.41, 5.74) is 1.59. The summed E-state index contributed by atoms with van der Waals surface area (Å²) in [6.45, 7) is 2.11. The first-order valence-electron chi connectivity index (χ1n) is 9.73. The third-order valence-corrected chi connectivity index (χ3v) is 6.13. The Morgan fingerprint density at radius 2 is 1.83 bits per heavy atom. The summed E-state index contributed by atoms with van der Waals surface area (Å²) in [7, 11) is 0. The topological polar surface area (TPSA) is 57.1 Å². The fourth-order valence-electron chi connectivity index (χ4n) is 3.77. The lowest BCUT2D eigenvalue weighted by Crippen LogP contribution is -2.50. The number of thioether (sulfide) groups is 1. The second-order valence-corrected chi connectivity index (χ2v) is 8.07. The van der Waals surface area contributed by atoms with E-state index in [1.807, 2.05) is 42.5 Å². The zero-order valence-electron chi connectivity index (χ0n) is 16.0. The minimum absolute atomic E-state index is 0.133. The van der Waals surface area contributed by atoms with E-state index in [2.05, 4.69) is 36.5 Å². The lowest BCUT2D eigenvalue weighted by atomic mass is 10.0. The maximum Gasteiger partial charge on any atom is 0.276 e. The van der Waals surface area contributed by atoms with Gasteiger partial charge in [-0.25, -0.2) is 5.01 Å². The van der Waals surface area contributed by atoms with Crippen molar-refractivity contribution >= 4 is 39.3 Å². The highest BCUT2D eigenvalue weighted by Crippen LogP contribution is 2.34. The fourth-order valence-corrected chi connectivity index (χ4v) is 4.48. The maximum absolute atomic E-state index is 13.1. The van der Waals surface area contributed by atoms with Gasteiger partial charge < -0.3 is 0 Å². The van der Waals surface area contributed by atoms with Gasteiger partial charge in [-0.3, -0.25) is 15.1 Å². The van der Waals surface area contributed by atoms with E-state index >= 15 is 0 Å². The predicted molar refractivity (Wildman–Crippen MR) is 117 cm³/mol. The van der Waals surface area contributed by atoms with Crippen LogP contribution < -0.4 is 15.9 Å². The van der Waals surface area contributed by atoms with Crippen LogP contribution in [0.3, 0.4) is 0 Å². The summed E-state index contributed by atoms with van der Waals surface area (Å²) >= 11 is 1.56. The Balaban J connectivity index is 1.75. The quantitative estimate of drug-likeness (QED) is 0.735. The van der Waals surface area contributed by atoms with Crippen molar-refractivity contribution in [3.05, 3.63) is 82.9 Å². The van der Waals surface area contributed by atoms with Crippen LogP contribution in [0.1, 0.15) is 25.1 Å². The third-order valence-electron chi connectivity index (χ3n) is 5.06. The Hall–Kier alpha value is -3.12. The number of para-hydroxylation sites is 1. The Labute approximate surface area is 172 Å². The van der Waals surface area contributed by atoms with Crippen molar-refractivity contribution in [3.63, 3.8) is 0 Å². The number of hydrogen-bond donors (Lipinski definition) is 1. The summed E-state index contributed by atoms with van der Waals surface area (Å²) < 4.78 is 0. The first kappa shape index (κ1) is 17.9. The van der Waals surface area contributed by atoms with Crippen LogP contribution in [0.4, 0.5) is 0 Å². The largest absolute Gasteiger partial charge is 0.298 e. The van der Waals surface area contributed by atoms with Gasteiger partial charge in [0.25, 0.3) is 5.91 Å². The Kier molecular flexibility index (Phi) is 4.56. The van der Waals surface area contributed by atoms with Crippen molar-refractivity contribution in [1.82, 2.24) is 10.3 Å². The lowest BCUT2D eigenvalue weighted by molar-refractivity contribution is -0.116. The van der Waals surface area contributed by atoms with E-state index in [9.17, 15) is 4.79 Å². The molecule has 6 heteroatoms. The molecule has 1 N–H and O–H groups in total. The van der Waals surface area contributed by atoms with Crippen LogP contribution in [0.25, 0.3) is 16.5 Å². The number of hydrogen-bond acceptors (Lipinski definition) is 5. The van der Waals surface area contributed by atoms with Crippen molar-refractivity contribution in [1.29, 1.82) is 0 Å². The molecule has 5 nitrogen and oxygen atoms in total. The second-order valence-electron chi connectivity index (χ2n) is 6.99. The van der Waals surface area contributed by atoms with Gasteiger partial charge in [0.05, 0.1) is 5.36 Å². The Morgan fingerprint density at radius 3 is 2.72 bits per heavy atom. The van der Waals surface area contributed by atoms with Crippen LogP contribution >= 0.6 is 11.8 Å². The number of rotatable bonds is 3. The second kappa shape index (κ2) is 7.37. The van der Waals surface area contributed by atoms with E-state index in [0.717, 1.165) is 39.1 Å². The van der Waals surface area contributed by atoms with E-state index in [1.54, 1.807) is 16.8 Å². The molecule has 5 rings (SSSR count). The zero-order chi connectivity index (χ0) is 19.8. The van der Waals surface area contributed by atoms with Crippen LogP contribution in [0.5, 0.6) is 0 Å². The van der Waals surface area contributed by atoms with E-state index < -0.39 is 6.17 Å². The molecule has 29 heavy (non-hydrogen) atoms. The van der Waals surface area contributed by atoms with Crippen LogP contribution in [0.15, 0.2) is 76.8 Å². The molecular weight excluding hydrogens is 380 g/mol. The standard InChI is InChI=1S/C23H20N4OS/c1-2-14-29-23-25-22(28)20-18-11-5-6-13-19(18)24-21(27(20)26-23)17-12-7-9-15-8-3-4-10-16(15)17/h3-13,21H,2,14H2,1H3,(H,25,26,28)/t21-/m1/s1. The third kappa shape index (κ3) is 3.09. The van der Waals surface area contributed by atoms with Gasteiger partial charge in [0, 0.05) is 16.5 Å². The van der Waals surface area contributed by atoms with Crippen molar-refractivity contribution in [2.45, 2.75) is 19.5 Å². The normalized spacial score (nSPS) is 17.9. The number of hydrazone groups is 1. The molecule has 3 aromatic rings. The Morgan fingerprint density at radius 1 is 1.03 bits per heavy atom. The molecule has 0 spiro atoms. The van der Waals surface area contributed by atoms with E-state index in [-0.39, 0.29) is 5.91 Å². The first-order valence-corrected chi connectivity index (χ1v) is 10.7. The maximum atomic E-state index is 13.1. The molecule has 0 radical (unpaired) electrons. The summed E-state index contributed by atoms with van der Waals surface area (Å²) in [5.74, 6) is 0.765. The van der Waals surface area contributed by atoms with Gasteiger partial charge in [0.1, 0.15) is 5.70 Å². The summed E-state index contributed by atoms with van der Waals surface area (Å²) in [6, 6.07) is 22.2.